The zero-order valence-corrected chi connectivity index (χ0v) is 9.17. The van der Waals surface area contributed by atoms with Gasteiger partial charge in [0.2, 0.25) is 0 Å². The molecule has 92 valence electrons. The first-order chi connectivity index (χ1) is 8.06. The number of nitro benzene ring substituents is 1. The van der Waals surface area contributed by atoms with Gasteiger partial charge in [-0.15, -0.1) is 0 Å². The van der Waals surface area contributed by atoms with E-state index in [1.165, 1.54) is 12.1 Å². The van der Waals surface area contributed by atoms with Gasteiger partial charge in [0.1, 0.15) is 5.82 Å². The second-order valence-corrected chi connectivity index (χ2v) is 4.21. The normalized spacial score (nSPS) is 20.7. The fraction of sp³-hybridized carbons (Fsp3) is 0.455. The fourth-order valence-corrected chi connectivity index (χ4v) is 2.06. The highest BCUT2D eigenvalue weighted by Crippen LogP contribution is 2.23. The van der Waals surface area contributed by atoms with Gasteiger partial charge in [-0.05, 0) is 18.6 Å². The Hall–Kier alpha value is -1.53. The molecule has 1 aromatic rings. The summed E-state index contributed by atoms with van der Waals surface area (Å²) < 4.78 is 13.1. The number of benzene rings is 1. The van der Waals surface area contributed by atoms with Crippen molar-refractivity contribution in [2.75, 3.05) is 13.1 Å². The van der Waals surface area contributed by atoms with Crippen LogP contribution in [-0.2, 0) is 6.54 Å². The van der Waals surface area contributed by atoms with Crippen LogP contribution in [0.2, 0.25) is 0 Å². The van der Waals surface area contributed by atoms with Gasteiger partial charge in [0, 0.05) is 31.3 Å². The molecule has 0 aromatic heterocycles. The van der Waals surface area contributed by atoms with Crippen LogP contribution in [0.5, 0.6) is 0 Å². The van der Waals surface area contributed by atoms with Crippen LogP contribution in [0.15, 0.2) is 18.2 Å². The van der Waals surface area contributed by atoms with Crippen molar-refractivity contribution in [1.82, 2.24) is 4.90 Å². The molecule has 1 fully saturated rings. The van der Waals surface area contributed by atoms with Crippen molar-refractivity contribution in [3.8, 4) is 0 Å². The molecule has 0 radical (unpaired) electrons. The number of hydrogen-bond donors (Lipinski definition) is 1. The topological polar surface area (TPSA) is 66.6 Å². The molecule has 1 N–H and O–H groups in total. The van der Waals surface area contributed by atoms with Crippen LogP contribution >= 0.6 is 0 Å². The highest BCUT2D eigenvalue weighted by atomic mass is 19.1. The molecule has 1 saturated heterocycles. The number of β-amino-alcohol motifs (C(OH)–C–C–N with tert-alkyl or cyclic N) is 1. The van der Waals surface area contributed by atoms with Crippen molar-refractivity contribution in [1.29, 1.82) is 0 Å². The smallest absolute Gasteiger partial charge is 0.274 e. The third kappa shape index (κ3) is 2.78. The number of rotatable bonds is 3. The number of nitro groups is 1. The summed E-state index contributed by atoms with van der Waals surface area (Å²) in [6.45, 7) is 1.45. The maximum atomic E-state index is 13.1. The lowest BCUT2D eigenvalue weighted by atomic mass is 10.1. The van der Waals surface area contributed by atoms with Gasteiger partial charge in [0.25, 0.3) is 5.69 Å². The molecule has 0 spiro atoms. The average molecular weight is 240 g/mol. The number of halogens is 1. The van der Waals surface area contributed by atoms with Gasteiger partial charge in [-0.1, -0.05) is 0 Å². The van der Waals surface area contributed by atoms with E-state index in [2.05, 4.69) is 0 Å². The summed E-state index contributed by atoms with van der Waals surface area (Å²) in [5.74, 6) is -0.481. The monoisotopic (exact) mass is 240 g/mol. The first-order valence-corrected chi connectivity index (χ1v) is 5.39. The second kappa shape index (κ2) is 4.77. The largest absolute Gasteiger partial charge is 0.392 e. The first-order valence-electron chi connectivity index (χ1n) is 5.39. The molecule has 0 bridgehead atoms. The van der Waals surface area contributed by atoms with Crippen LogP contribution in [0.1, 0.15) is 12.0 Å². The van der Waals surface area contributed by atoms with Crippen molar-refractivity contribution in [3.05, 3.63) is 39.7 Å². The van der Waals surface area contributed by atoms with Crippen molar-refractivity contribution in [2.45, 2.75) is 19.1 Å². The summed E-state index contributed by atoms with van der Waals surface area (Å²) in [6, 6.07) is 3.44. The number of aliphatic hydroxyl groups excluding tert-OH is 1. The maximum absolute atomic E-state index is 13.1. The Kier molecular flexibility index (Phi) is 3.35. The van der Waals surface area contributed by atoms with Crippen molar-refractivity contribution < 1.29 is 14.4 Å². The molecule has 1 atom stereocenters. The number of aliphatic hydroxyl groups is 1. The van der Waals surface area contributed by atoms with Crippen molar-refractivity contribution in [2.24, 2.45) is 0 Å². The summed E-state index contributed by atoms with van der Waals surface area (Å²) in [5, 5.41) is 20.1. The Balaban J connectivity index is 2.19. The van der Waals surface area contributed by atoms with Crippen molar-refractivity contribution >= 4 is 5.69 Å². The summed E-state index contributed by atoms with van der Waals surface area (Å²) in [7, 11) is 0. The summed E-state index contributed by atoms with van der Waals surface area (Å²) in [4.78, 5) is 12.2. The SMILES string of the molecule is O=[N+]([O-])c1ccc(F)cc1CN1CCC(O)C1. The molecule has 1 unspecified atom stereocenters. The molecule has 0 saturated carbocycles. The standard InChI is InChI=1S/C11H13FN2O3/c12-9-1-2-11(14(16)17)8(5-9)6-13-4-3-10(15)7-13/h1-2,5,10,15H,3-4,6-7H2. The van der Waals surface area contributed by atoms with Gasteiger partial charge in [-0.2, -0.15) is 0 Å². The van der Waals surface area contributed by atoms with Gasteiger partial charge >= 0.3 is 0 Å². The highest BCUT2D eigenvalue weighted by molar-refractivity contribution is 5.40. The molecule has 1 aliphatic rings. The molecule has 0 aliphatic carbocycles. The lowest BCUT2D eigenvalue weighted by Gasteiger charge is -2.14. The Morgan fingerprint density at radius 2 is 2.35 bits per heavy atom. The predicted molar refractivity (Wildman–Crippen MR) is 59.0 cm³/mol. The molecular formula is C11H13FN2O3. The zero-order chi connectivity index (χ0) is 12.4. The van der Waals surface area contributed by atoms with E-state index in [-0.39, 0.29) is 11.8 Å². The number of hydrogen-bond acceptors (Lipinski definition) is 4. The van der Waals surface area contributed by atoms with E-state index in [9.17, 15) is 19.6 Å². The van der Waals surface area contributed by atoms with E-state index in [1.807, 2.05) is 4.90 Å². The van der Waals surface area contributed by atoms with Gasteiger partial charge in [0.15, 0.2) is 0 Å². The third-order valence-corrected chi connectivity index (χ3v) is 2.88. The summed E-state index contributed by atoms with van der Waals surface area (Å²) in [5.41, 5.74) is 0.275. The molecule has 2 rings (SSSR count). The molecule has 1 heterocycles. The van der Waals surface area contributed by atoms with Gasteiger partial charge < -0.3 is 5.11 Å². The van der Waals surface area contributed by atoms with E-state index >= 15 is 0 Å². The van der Waals surface area contributed by atoms with Gasteiger partial charge in [0.05, 0.1) is 11.0 Å². The predicted octanol–water partition coefficient (Wildman–Crippen LogP) is 1.30. The van der Waals surface area contributed by atoms with E-state index in [1.54, 1.807) is 0 Å². The van der Waals surface area contributed by atoms with Gasteiger partial charge in [-0.3, -0.25) is 15.0 Å². The average Bonchev–Trinajstić information content (AvgIpc) is 2.63. The Labute approximate surface area is 97.6 Å². The Bertz CT molecular complexity index is 439. The molecule has 0 amide bonds. The minimum atomic E-state index is -0.513. The quantitative estimate of drug-likeness (QED) is 0.638. The second-order valence-electron chi connectivity index (χ2n) is 4.21. The van der Waals surface area contributed by atoms with E-state index in [4.69, 9.17) is 0 Å². The van der Waals surface area contributed by atoms with Crippen LogP contribution < -0.4 is 0 Å². The molecular weight excluding hydrogens is 227 g/mol. The van der Waals surface area contributed by atoms with Crippen LogP contribution in [0.25, 0.3) is 0 Å². The Morgan fingerprint density at radius 3 is 2.94 bits per heavy atom. The molecule has 6 heteroatoms. The van der Waals surface area contributed by atoms with Crippen LogP contribution in [-0.4, -0.2) is 34.1 Å². The summed E-state index contributed by atoms with van der Waals surface area (Å²) in [6.07, 6.45) is 0.269. The lowest BCUT2D eigenvalue weighted by molar-refractivity contribution is -0.385. The maximum Gasteiger partial charge on any atom is 0.274 e. The number of likely N-dealkylation sites (tertiary alicyclic amines) is 1. The first kappa shape index (κ1) is 11.9. The van der Waals surface area contributed by atoms with Crippen LogP contribution in [0.3, 0.4) is 0 Å². The molecule has 5 nitrogen and oxygen atoms in total. The van der Waals surface area contributed by atoms with E-state index < -0.39 is 10.7 Å². The minimum Gasteiger partial charge on any atom is -0.392 e. The van der Waals surface area contributed by atoms with E-state index in [0.717, 1.165) is 6.07 Å². The molecule has 1 aromatic carbocycles. The van der Waals surface area contributed by atoms with Gasteiger partial charge in [-0.25, -0.2) is 4.39 Å². The minimum absolute atomic E-state index is 0.0761. The van der Waals surface area contributed by atoms with Crippen molar-refractivity contribution in [3.63, 3.8) is 0 Å². The lowest BCUT2D eigenvalue weighted by Crippen LogP contribution is -2.22. The number of nitrogens with zero attached hydrogens (tertiary/aromatic N) is 2. The highest BCUT2D eigenvalue weighted by Gasteiger charge is 2.23. The zero-order valence-electron chi connectivity index (χ0n) is 9.17. The molecule has 1 aliphatic heterocycles. The van der Waals surface area contributed by atoms with Crippen LogP contribution in [0.4, 0.5) is 10.1 Å². The van der Waals surface area contributed by atoms with Crippen LogP contribution in [0, 0.1) is 15.9 Å². The molecule has 17 heavy (non-hydrogen) atoms. The van der Waals surface area contributed by atoms with E-state index in [0.29, 0.717) is 31.6 Å². The fourth-order valence-electron chi connectivity index (χ4n) is 2.06. The summed E-state index contributed by atoms with van der Waals surface area (Å²) >= 11 is 0. The Morgan fingerprint density at radius 1 is 1.59 bits per heavy atom. The third-order valence-electron chi connectivity index (χ3n) is 2.88.